The molecule has 0 spiro atoms. The maximum absolute atomic E-state index is 12.7. The number of pyridine rings is 1. The van der Waals surface area contributed by atoms with Crippen molar-refractivity contribution in [1.82, 2.24) is 25.0 Å². The second-order valence-corrected chi connectivity index (χ2v) is 8.04. The number of amides is 1. The number of piperidine rings is 1. The zero-order valence-electron chi connectivity index (χ0n) is 17.0. The first kappa shape index (κ1) is 20.2. The van der Waals surface area contributed by atoms with Gasteiger partial charge in [0.25, 0.3) is 5.91 Å². The van der Waals surface area contributed by atoms with Crippen molar-refractivity contribution in [3.8, 4) is 0 Å². The Kier molecular flexibility index (Phi) is 7.61. The van der Waals surface area contributed by atoms with Crippen molar-refractivity contribution >= 4 is 5.91 Å². The maximum atomic E-state index is 12.7. The Morgan fingerprint density at radius 2 is 1.81 bits per heavy atom. The molecule has 1 aromatic heterocycles. The number of nitrogens with one attached hydrogen (secondary N) is 1. The molecule has 0 saturated carbocycles. The molecule has 0 radical (unpaired) electrons. The number of carbonyl (C=O) groups is 1. The fourth-order valence-corrected chi connectivity index (χ4v) is 3.92. The molecule has 3 heterocycles. The van der Waals surface area contributed by atoms with Crippen molar-refractivity contribution in [2.45, 2.75) is 45.7 Å². The predicted octanol–water partition coefficient (Wildman–Crippen LogP) is 1.82. The van der Waals surface area contributed by atoms with Gasteiger partial charge >= 0.3 is 0 Å². The lowest BCUT2D eigenvalue weighted by Gasteiger charge is -2.36. The van der Waals surface area contributed by atoms with E-state index in [-0.39, 0.29) is 5.91 Å². The highest BCUT2D eigenvalue weighted by atomic mass is 16.2. The molecule has 2 fully saturated rings. The summed E-state index contributed by atoms with van der Waals surface area (Å²) in [4.78, 5) is 24.1. The average molecular weight is 374 g/mol. The van der Waals surface area contributed by atoms with Gasteiger partial charge in [0.1, 0.15) is 0 Å². The molecule has 150 valence electrons. The van der Waals surface area contributed by atoms with E-state index in [9.17, 15) is 4.79 Å². The molecule has 6 nitrogen and oxygen atoms in total. The van der Waals surface area contributed by atoms with Crippen LogP contribution >= 0.6 is 0 Å². The van der Waals surface area contributed by atoms with Crippen LogP contribution in [0.5, 0.6) is 0 Å². The van der Waals surface area contributed by atoms with Crippen molar-refractivity contribution in [2.75, 3.05) is 52.4 Å². The minimum absolute atomic E-state index is 0.107. The van der Waals surface area contributed by atoms with E-state index in [1.54, 1.807) is 6.20 Å². The Balaban J connectivity index is 1.39. The number of piperazine rings is 1. The topological polar surface area (TPSA) is 51.7 Å². The summed E-state index contributed by atoms with van der Waals surface area (Å²) >= 11 is 0. The Bertz CT molecular complexity index is 575. The van der Waals surface area contributed by atoms with Crippen molar-refractivity contribution in [3.63, 3.8) is 0 Å². The third-order valence-electron chi connectivity index (χ3n) is 5.76. The lowest BCUT2D eigenvalue weighted by molar-refractivity contribution is 0.0595. The van der Waals surface area contributed by atoms with Gasteiger partial charge in [-0.15, -0.1) is 0 Å². The standard InChI is InChI=1S/C21H35N5O/c1-18(2)25-12-14-26(15-13-25)21(27)19-6-7-20(23-16-19)17-22-8-11-24-9-4-3-5-10-24/h6-7,16,18,22H,3-5,8-15,17H2,1-2H3. The van der Waals surface area contributed by atoms with Crippen molar-refractivity contribution < 1.29 is 4.79 Å². The van der Waals surface area contributed by atoms with E-state index in [2.05, 4.69) is 33.9 Å². The van der Waals surface area contributed by atoms with Crippen LogP contribution in [0, 0.1) is 0 Å². The minimum atomic E-state index is 0.107. The summed E-state index contributed by atoms with van der Waals surface area (Å²) in [7, 11) is 0. The summed E-state index contributed by atoms with van der Waals surface area (Å²) in [5.74, 6) is 0.107. The smallest absolute Gasteiger partial charge is 0.255 e. The van der Waals surface area contributed by atoms with Gasteiger partial charge in [0.05, 0.1) is 11.3 Å². The van der Waals surface area contributed by atoms with Crippen LogP contribution in [0.25, 0.3) is 0 Å². The third-order valence-corrected chi connectivity index (χ3v) is 5.76. The summed E-state index contributed by atoms with van der Waals surface area (Å²) in [6, 6.07) is 4.45. The fourth-order valence-electron chi connectivity index (χ4n) is 3.92. The predicted molar refractivity (Wildman–Crippen MR) is 109 cm³/mol. The molecule has 0 unspecified atom stereocenters. The van der Waals surface area contributed by atoms with Crippen LogP contribution in [0.3, 0.4) is 0 Å². The molecule has 2 saturated heterocycles. The molecule has 6 heteroatoms. The highest BCUT2D eigenvalue weighted by Gasteiger charge is 2.23. The number of rotatable bonds is 7. The van der Waals surface area contributed by atoms with E-state index in [1.807, 2.05) is 17.0 Å². The maximum Gasteiger partial charge on any atom is 0.255 e. The van der Waals surface area contributed by atoms with Crippen molar-refractivity contribution in [2.24, 2.45) is 0 Å². The van der Waals surface area contributed by atoms with Crippen LogP contribution in [0.2, 0.25) is 0 Å². The van der Waals surface area contributed by atoms with Crippen LogP contribution in [0.4, 0.5) is 0 Å². The molecule has 0 atom stereocenters. The summed E-state index contributed by atoms with van der Waals surface area (Å²) in [6.45, 7) is 13.3. The molecule has 27 heavy (non-hydrogen) atoms. The summed E-state index contributed by atoms with van der Waals surface area (Å²) < 4.78 is 0. The lowest BCUT2D eigenvalue weighted by atomic mass is 10.1. The lowest BCUT2D eigenvalue weighted by Crippen LogP contribution is -2.50. The van der Waals surface area contributed by atoms with Gasteiger partial charge in [0.2, 0.25) is 0 Å². The van der Waals surface area contributed by atoms with Gasteiger partial charge in [0.15, 0.2) is 0 Å². The molecule has 2 aliphatic rings. The molecule has 1 amide bonds. The van der Waals surface area contributed by atoms with E-state index < -0.39 is 0 Å². The number of likely N-dealkylation sites (tertiary alicyclic amines) is 1. The van der Waals surface area contributed by atoms with Crippen LogP contribution in [0.1, 0.15) is 49.2 Å². The van der Waals surface area contributed by atoms with Gasteiger partial charge in [0, 0.05) is 58.1 Å². The van der Waals surface area contributed by atoms with Crippen LogP contribution < -0.4 is 5.32 Å². The number of hydrogen-bond donors (Lipinski definition) is 1. The van der Waals surface area contributed by atoms with E-state index >= 15 is 0 Å². The first-order valence-electron chi connectivity index (χ1n) is 10.5. The van der Waals surface area contributed by atoms with Crippen LogP contribution in [0.15, 0.2) is 18.3 Å². The second kappa shape index (κ2) is 10.2. The number of hydrogen-bond acceptors (Lipinski definition) is 5. The van der Waals surface area contributed by atoms with E-state index in [4.69, 9.17) is 0 Å². The Morgan fingerprint density at radius 3 is 2.44 bits per heavy atom. The molecular formula is C21H35N5O. The summed E-state index contributed by atoms with van der Waals surface area (Å²) in [6.07, 6.45) is 5.79. The normalized spacial score (nSPS) is 19.6. The first-order valence-corrected chi connectivity index (χ1v) is 10.5. The van der Waals surface area contributed by atoms with Gasteiger partial charge in [-0.3, -0.25) is 14.7 Å². The second-order valence-electron chi connectivity index (χ2n) is 8.04. The van der Waals surface area contributed by atoms with Crippen LogP contribution in [-0.2, 0) is 6.54 Å². The Morgan fingerprint density at radius 1 is 1.07 bits per heavy atom. The fraction of sp³-hybridized carbons (Fsp3) is 0.714. The molecule has 2 aliphatic heterocycles. The quantitative estimate of drug-likeness (QED) is 0.739. The largest absolute Gasteiger partial charge is 0.336 e. The highest BCUT2D eigenvalue weighted by Crippen LogP contribution is 2.11. The zero-order valence-corrected chi connectivity index (χ0v) is 17.0. The number of aromatic nitrogens is 1. The number of carbonyl (C=O) groups excluding carboxylic acids is 1. The van der Waals surface area contributed by atoms with E-state index in [0.717, 1.165) is 51.5 Å². The Labute approximate surface area is 163 Å². The average Bonchev–Trinajstić information content (AvgIpc) is 2.72. The molecule has 1 aromatic rings. The monoisotopic (exact) mass is 373 g/mol. The van der Waals surface area contributed by atoms with Gasteiger partial charge in [-0.25, -0.2) is 0 Å². The van der Waals surface area contributed by atoms with Crippen LogP contribution in [-0.4, -0.2) is 84.0 Å². The Hall–Kier alpha value is -1.50. The zero-order chi connectivity index (χ0) is 19.1. The SMILES string of the molecule is CC(C)N1CCN(C(=O)c2ccc(CNCCN3CCCCC3)nc2)CC1. The van der Waals surface area contributed by atoms with Gasteiger partial charge in [-0.1, -0.05) is 6.42 Å². The van der Waals surface area contributed by atoms with Crippen molar-refractivity contribution in [1.29, 1.82) is 0 Å². The van der Waals surface area contributed by atoms with Crippen molar-refractivity contribution in [3.05, 3.63) is 29.6 Å². The molecule has 0 aliphatic carbocycles. The minimum Gasteiger partial charge on any atom is -0.336 e. The molecule has 0 bridgehead atoms. The van der Waals surface area contributed by atoms with Gasteiger partial charge in [-0.05, 0) is 51.9 Å². The molecule has 1 N–H and O–H groups in total. The highest BCUT2D eigenvalue weighted by molar-refractivity contribution is 5.94. The third kappa shape index (κ3) is 5.99. The van der Waals surface area contributed by atoms with E-state index in [0.29, 0.717) is 11.6 Å². The molecule has 3 rings (SSSR count). The first-order chi connectivity index (χ1) is 13.1. The number of nitrogens with zero attached hydrogens (tertiary/aromatic N) is 4. The molecular weight excluding hydrogens is 338 g/mol. The summed E-state index contributed by atoms with van der Waals surface area (Å²) in [5.41, 5.74) is 1.69. The molecule has 0 aromatic carbocycles. The van der Waals surface area contributed by atoms with E-state index in [1.165, 1.54) is 32.4 Å². The van der Waals surface area contributed by atoms with Gasteiger partial charge < -0.3 is 15.1 Å². The summed E-state index contributed by atoms with van der Waals surface area (Å²) in [5, 5.41) is 3.47. The van der Waals surface area contributed by atoms with Gasteiger partial charge in [-0.2, -0.15) is 0 Å².